The molecule has 0 aliphatic rings. The zero-order chi connectivity index (χ0) is 16.0. The molecule has 0 radical (unpaired) electrons. The molecule has 1 N–H and O–H groups in total. The number of hydrogen-bond donors (Lipinski definition) is 1. The van der Waals surface area contributed by atoms with Gasteiger partial charge in [-0.15, -0.1) is 0 Å². The second kappa shape index (κ2) is 13.1. The molecule has 0 heterocycles. The monoisotopic (exact) mass is 301 g/mol. The van der Waals surface area contributed by atoms with Gasteiger partial charge in [0.15, 0.2) is 0 Å². The molecule has 0 aliphatic carbocycles. The maximum atomic E-state index is 11.9. The SMILES string of the molecule is CCCCCCCOCCCC(C)(NCCC)C(=O)OC. The van der Waals surface area contributed by atoms with Crippen molar-refractivity contribution < 1.29 is 14.3 Å². The lowest BCUT2D eigenvalue weighted by atomic mass is 9.96. The largest absolute Gasteiger partial charge is 0.468 e. The summed E-state index contributed by atoms with van der Waals surface area (Å²) in [5.74, 6) is -0.185. The molecule has 4 heteroatoms. The van der Waals surface area contributed by atoms with Crippen molar-refractivity contribution >= 4 is 5.97 Å². The van der Waals surface area contributed by atoms with Crippen molar-refractivity contribution in [1.29, 1.82) is 0 Å². The van der Waals surface area contributed by atoms with Crippen molar-refractivity contribution in [2.75, 3.05) is 26.9 Å². The van der Waals surface area contributed by atoms with Crippen molar-refractivity contribution in [2.45, 2.75) is 77.7 Å². The quantitative estimate of drug-likeness (QED) is 0.393. The Morgan fingerprint density at radius 1 is 1.00 bits per heavy atom. The number of carbonyl (C=O) groups excluding carboxylic acids is 1. The van der Waals surface area contributed by atoms with Crippen LogP contribution in [0.25, 0.3) is 0 Å². The maximum absolute atomic E-state index is 11.9. The van der Waals surface area contributed by atoms with Gasteiger partial charge in [-0.25, -0.2) is 0 Å². The number of unbranched alkanes of at least 4 members (excludes halogenated alkanes) is 4. The van der Waals surface area contributed by atoms with Gasteiger partial charge >= 0.3 is 5.97 Å². The molecule has 0 saturated heterocycles. The van der Waals surface area contributed by atoms with Crippen LogP contribution < -0.4 is 5.32 Å². The zero-order valence-corrected chi connectivity index (χ0v) is 14.5. The molecule has 0 aromatic rings. The summed E-state index contributed by atoms with van der Waals surface area (Å²) < 4.78 is 10.6. The first-order valence-electron chi connectivity index (χ1n) is 8.52. The Kier molecular flexibility index (Phi) is 12.7. The predicted octanol–water partition coefficient (Wildman–Crippen LogP) is 3.68. The molecule has 0 fully saturated rings. The molecule has 126 valence electrons. The lowest BCUT2D eigenvalue weighted by molar-refractivity contribution is -0.148. The van der Waals surface area contributed by atoms with Crippen LogP contribution in [0.1, 0.15) is 72.1 Å². The van der Waals surface area contributed by atoms with Gasteiger partial charge in [0.2, 0.25) is 0 Å². The summed E-state index contributed by atoms with van der Waals surface area (Å²) in [6, 6.07) is 0. The minimum Gasteiger partial charge on any atom is -0.468 e. The van der Waals surface area contributed by atoms with Gasteiger partial charge < -0.3 is 14.8 Å². The second-order valence-corrected chi connectivity index (χ2v) is 5.88. The van der Waals surface area contributed by atoms with Crippen LogP contribution in [0, 0.1) is 0 Å². The number of rotatable bonds is 14. The number of hydrogen-bond acceptors (Lipinski definition) is 4. The van der Waals surface area contributed by atoms with Crippen molar-refractivity contribution in [3.8, 4) is 0 Å². The molecule has 21 heavy (non-hydrogen) atoms. The minimum absolute atomic E-state index is 0.185. The van der Waals surface area contributed by atoms with Gasteiger partial charge in [0.05, 0.1) is 7.11 Å². The van der Waals surface area contributed by atoms with Gasteiger partial charge in [0.1, 0.15) is 5.54 Å². The molecule has 0 amide bonds. The number of carbonyl (C=O) groups is 1. The molecule has 1 unspecified atom stereocenters. The van der Waals surface area contributed by atoms with E-state index >= 15 is 0 Å². The Hall–Kier alpha value is -0.610. The zero-order valence-electron chi connectivity index (χ0n) is 14.5. The smallest absolute Gasteiger partial charge is 0.325 e. The van der Waals surface area contributed by atoms with Crippen molar-refractivity contribution in [3.05, 3.63) is 0 Å². The van der Waals surface area contributed by atoms with Gasteiger partial charge in [0.25, 0.3) is 0 Å². The lowest BCUT2D eigenvalue weighted by Gasteiger charge is -2.28. The Morgan fingerprint density at radius 2 is 1.67 bits per heavy atom. The van der Waals surface area contributed by atoms with Crippen molar-refractivity contribution in [2.24, 2.45) is 0 Å². The summed E-state index contributed by atoms with van der Waals surface area (Å²) in [6.07, 6.45) is 8.92. The standard InChI is InChI=1S/C17H35NO3/c1-5-7-8-9-10-14-21-15-11-12-17(3,16(19)20-4)18-13-6-2/h18H,5-15H2,1-4H3. The molecule has 0 bridgehead atoms. The summed E-state index contributed by atoms with van der Waals surface area (Å²) in [6.45, 7) is 8.60. The highest BCUT2D eigenvalue weighted by Gasteiger charge is 2.32. The first-order valence-corrected chi connectivity index (χ1v) is 8.52. The third-order valence-corrected chi connectivity index (χ3v) is 3.76. The third-order valence-electron chi connectivity index (χ3n) is 3.76. The van der Waals surface area contributed by atoms with Gasteiger partial charge in [0, 0.05) is 13.2 Å². The summed E-state index contributed by atoms with van der Waals surface area (Å²) in [7, 11) is 1.45. The molecule has 0 aromatic heterocycles. The van der Waals surface area contributed by atoms with Crippen LogP contribution in [0.4, 0.5) is 0 Å². The van der Waals surface area contributed by atoms with E-state index in [1.807, 2.05) is 6.92 Å². The molecule has 4 nitrogen and oxygen atoms in total. The van der Waals surface area contributed by atoms with Crippen molar-refractivity contribution in [3.63, 3.8) is 0 Å². The summed E-state index contributed by atoms with van der Waals surface area (Å²) in [5.41, 5.74) is -0.588. The van der Waals surface area contributed by atoms with E-state index in [0.717, 1.165) is 38.8 Å². The highest BCUT2D eigenvalue weighted by Crippen LogP contribution is 2.15. The van der Waals surface area contributed by atoms with Crippen LogP contribution in [0.3, 0.4) is 0 Å². The average Bonchev–Trinajstić information content (AvgIpc) is 2.50. The van der Waals surface area contributed by atoms with E-state index in [4.69, 9.17) is 9.47 Å². The van der Waals surface area contributed by atoms with E-state index in [2.05, 4.69) is 19.2 Å². The fourth-order valence-electron chi connectivity index (χ4n) is 2.33. The number of esters is 1. The lowest BCUT2D eigenvalue weighted by Crippen LogP contribution is -2.50. The predicted molar refractivity (Wildman–Crippen MR) is 87.5 cm³/mol. The Labute approximate surface area is 131 Å². The highest BCUT2D eigenvalue weighted by molar-refractivity contribution is 5.80. The average molecular weight is 301 g/mol. The number of methoxy groups -OCH3 is 1. The van der Waals surface area contributed by atoms with E-state index in [-0.39, 0.29) is 5.97 Å². The molecule has 1 atom stereocenters. The van der Waals surface area contributed by atoms with E-state index in [0.29, 0.717) is 6.61 Å². The van der Waals surface area contributed by atoms with Crippen LogP contribution in [0.5, 0.6) is 0 Å². The minimum atomic E-state index is -0.588. The summed E-state index contributed by atoms with van der Waals surface area (Å²) in [5, 5.41) is 3.29. The fourth-order valence-corrected chi connectivity index (χ4v) is 2.33. The molecule has 0 aliphatic heterocycles. The topological polar surface area (TPSA) is 47.6 Å². The van der Waals surface area contributed by atoms with Crippen LogP contribution in [0.2, 0.25) is 0 Å². The van der Waals surface area contributed by atoms with E-state index < -0.39 is 5.54 Å². The molecule has 0 aromatic carbocycles. The molecular weight excluding hydrogens is 266 g/mol. The highest BCUT2D eigenvalue weighted by atomic mass is 16.5. The Morgan fingerprint density at radius 3 is 2.29 bits per heavy atom. The van der Waals surface area contributed by atoms with E-state index in [1.165, 1.54) is 32.8 Å². The Balaban J connectivity index is 3.76. The Bertz CT molecular complexity index is 258. The third kappa shape index (κ3) is 9.86. The first-order chi connectivity index (χ1) is 10.1. The van der Waals surface area contributed by atoms with Crippen LogP contribution in [-0.2, 0) is 14.3 Å². The molecule has 0 spiro atoms. The van der Waals surface area contributed by atoms with E-state index in [9.17, 15) is 4.79 Å². The van der Waals surface area contributed by atoms with Crippen molar-refractivity contribution in [1.82, 2.24) is 5.32 Å². The van der Waals surface area contributed by atoms with Crippen LogP contribution >= 0.6 is 0 Å². The van der Waals surface area contributed by atoms with E-state index in [1.54, 1.807) is 0 Å². The number of ether oxygens (including phenoxy) is 2. The number of nitrogens with one attached hydrogen (secondary N) is 1. The van der Waals surface area contributed by atoms with Gasteiger partial charge in [-0.3, -0.25) is 4.79 Å². The molecular formula is C17H35NO3. The molecule has 0 rings (SSSR count). The first kappa shape index (κ1) is 20.4. The second-order valence-electron chi connectivity index (χ2n) is 5.88. The normalized spacial score (nSPS) is 13.9. The fraction of sp³-hybridized carbons (Fsp3) is 0.941. The maximum Gasteiger partial charge on any atom is 0.325 e. The van der Waals surface area contributed by atoms with Gasteiger partial charge in [-0.2, -0.15) is 0 Å². The van der Waals surface area contributed by atoms with Crippen LogP contribution in [0.15, 0.2) is 0 Å². The van der Waals surface area contributed by atoms with Gasteiger partial charge in [-0.05, 0) is 39.2 Å². The van der Waals surface area contributed by atoms with Crippen LogP contribution in [-0.4, -0.2) is 38.4 Å². The summed E-state index contributed by atoms with van der Waals surface area (Å²) >= 11 is 0. The molecule has 0 saturated carbocycles. The summed E-state index contributed by atoms with van der Waals surface area (Å²) in [4.78, 5) is 11.9. The van der Waals surface area contributed by atoms with Gasteiger partial charge in [-0.1, -0.05) is 39.5 Å².